The molecular weight excluding hydrogens is 234 g/mol. The van der Waals surface area contributed by atoms with E-state index in [1.54, 1.807) is 0 Å². The van der Waals surface area contributed by atoms with Crippen LogP contribution < -0.4 is 5.32 Å². The molecular formula is C13H17NO2S. The number of benzene rings is 1. The molecule has 0 bridgehead atoms. The van der Waals surface area contributed by atoms with E-state index in [1.165, 1.54) is 0 Å². The number of rotatable bonds is 2. The first-order valence-corrected chi connectivity index (χ1v) is 6.30. The van der Waals surface area contributed by atoms with Crippen molar-refractivity contribution in [1.29, 1.82) is 0 Å². The molecule has 17 heavy (non-hydrogen) atoms. The summed E-state index contributed by atoms with van der Waals surface area (Å²) >= 11 is 4.26. The van der Waals surface area contributed by atoms with Crippen molar-refractivity contribution in [2.45, 2.75) is 30.7 Å². The van der Waals surface area contributed by atoms with Crippen LogP contribution in [0.3, 0.4) is 0 Å². The Labute approximate surface area is 107 Å². The van der Waals surface area contributed by atoms with Crippen LogP contribution in [0, 0.1) is 6.92 Å². The van der Waals surface area contributed by atoms with Crippen LogP contribution in [-0.2, 0) is 4.74 Å². The van der Waals surface area contributed by atoms with Crippen LogP contribution in [0.4, 0.5) is 0 Å². The van der Waals surface area contributed by atoms with E-state index < -0.39 is 0 Å². The molecule has 1 aliphatic rings. The maximum Gasteiger partial charge on any atom is 0.251 e. The lowest BCUT2D eigenvalue weighted by molar-refractivity contribution is 0.0696. The standard InChI is InChI=1S/C13H17NO2S/c1-9-2-3-11(17)8-12(9)13(15)14-10-4-6-16-7-5-10/h2-3,8,10,17H,4-7H2,1H3,(H,14,15). The SMILES string of the molecule is Cc1ccc(S)cc1C(=O)NC1CCOCC1. The first-order valence-electron chi connectivity index (χ1n) is 5.85. The van der Waals surface area contributed by atoms with Gasteiger partial charge in [-0.15, -0.1) is 12.6 Å². The molecule has 0 spiro atoms. The lowest BCUT2D eigenvalue weighted by Gasteiger charge is -2.23. The normalized spacial score (nSPS) is 16.8. The van der Waals surface area contributed by atoms with Gasteiger partial charge in [0.25, 0.3) is 5.91 Å². The maximum atomic E-state index is 12.1. The smallest absolute Gasteiger partial charge is 0.251 e. The van der Waals surface area contributed by atoms with Crippen molar-refractivity contribution >= 4 is 18.5 Å². The Morgan fingerprint density at radius 3 is 2.82 bits per heavy atom. The van der Waals surface area contributed by atoms with Crippen LogP contribution in [0.2, 0.25) is 0 Å². The number of aryl methyl sites for hydroxylation is 1. The zero-order chi connectivity index (χ0) is 12.3. The summed E-state index contributed by atoms with van der Waals surface area (Å²) in [5, 5.41) is 3.05. The molecule has 1 heterocycles. The van der Waals surface area contributed by atoms with Gasteiger partial charge in [0.2, 0.25) is 0 Å². The molecule has 2 rings (SSSR count). The van der Waals surface area contributed by atoms with Crippen LogP contribution in [0.15, 0.2) is 23.1 Å². The fourth-order valence-corrected chi connectivity index (χ4v) is 2.16. The fraction of sp³-hybridized carbons (Fsp3) is 0.462. The summed E-state index contributed by atoms with van der Waals surface area (Å²) in [6, 6.07) is 5.86. The molecule has 92 valence electrons. The lowest BCUT2D eigenvalue weighted by Crippen LogP contribution is -2.39. The summed E-state index contributed by atoms with van der Waals surface area (Å²) < 4.78 is 5.27. The van der Waals surface area contributed by atoms with E-state index >= 15 is 0 Å². The van der Waals surface area contributed by atoms with Crippen molar-refractivity contribution in [1.82, 2.24) is 5.32 Å². The van der Waals surface area contributed by atoms with Crippen molar-refractivity contribution in [3.8, 4) is 0 Å². The highest BCUT2D eigenvalue weighted by Crippen LogP contribution is 2.15. The minimum Gasteiger partial charge on any atom is -0.381 e. The van der Waals surface area contributed by atoms with E-state index in [1.807, 2.05) is 25.1 Å². The lowest BCUT2D eigenvalue weighted by atomic mass is 10.1. The number of carbonyl (C=O) groups is 1. The molecule has 0 atom stereocenters. The Balaban J connectivity index is 2.05. The minimum atomic E-state index is -0.00898. The van der Waals surface area contributed by atoms with Gasteiger partial charge in [-0.3, -0.25) is 4.79 Å². The first-order chi connectivity index (χ1) is 8.16. The second-order valence-electron chi connectivity index (χ2n) is 4.36. The molecule has 3 nitrogen and oxygen atoms in total. The molecule has 1 saturated heterocycles. The average molecular weight is 251 g/mol. The number of hydrogen-bond donors (Lipinski definition) is 2. The van der Waals surface area contributed by atoms with E-state index in [-0.39, 0.29) is 11.9 Å². The molecule has 1 aromatic rings. The van der Waals surface area contributed by atoms with Crippen molar-refractivity contribution in [3.05, 3.63) is 29.3 Å². The third-order valence-corrected chi connectivity index (χ3v) is 3.30. The van der Waals surface area contributed by atoms with Gasteiger partial charge in [-0.25, -0.2) is 0 Å². The van der Waals surface area contributed by atoms with Crippen LogP contribution in [0.5, 0.6) is 0 Å². The number of carbonyl (C=O) groups excluding carboxylic acids is 1. The highest BCUT2D eigenvalue weighted by atomic mass is 32.1. The largest absolute Gasteiger partial charge is 0.381 e. The van der Waals surface area contributed by atoms with E-state index in [0.29, 0.717) is 5.56 Å². The van der Waals surface area contributed by atoms with Crippen molar-refractivity contribution in [2.75, 3.05) is 13.2 Å². The van der Waals surface area contributed by atoms with E-state index in [4.69, 9.17) is 4.74 Å². The predicted molar refractivity (Wildman–Crippen MR) is 69.7 cm³/mol. The molecule has 1 amide bonds. The second-order valence-corrected chi connectivity index (χ2v) is 4.88. The van der Waals surface area contributed by atoms with Crippen molar-refractivity contribution in [2.24, 2.45) is 0 Å². The Bertz CT molecular complexity index is 414. The van der Waals surface area contributed by atoms with Crippen LogP contribution in [0.25, 0.3) is 0 Å². The molecule has 0 aromatic heterocycles. The predicted octanol–water partition coefficient (Wildman–Crippen LogP) is 2.19. The topological polar surface area (TPSA) is 38.3 Å². The van der Waals surface area contributed by atoms with Gasteiger partial charge in [-0.05, 0) is 37.5 Å². The number of amides is 1. The molecule has 1 N–H and O–H groups in total. The fourth-order valence-electron chi connectivity index (χ4n) is 1.96. The van der Waals surface area contributed by atoms with E-state index in [9.17, 15) is 4.79 Å². The zero-order valence-electron chi connectivity index (χ0n) is 9.90. The molecule has 1 aromatic carbocycles. The van der Waals surface area contributed by atoms with E-state index in [0.717, 1.165) is 36.5 Å². The van der Waals surface area contributed by atoms with Gasteiger partial charge >= 0.3 is 0 Å². The molecule has 0 radical (unpaired) electrons. The number of hydrogen-bond acceptors (Lipinski definition) is 3. The van der Waals surface area contributed by atoms with Gasteiger partial charge in [0.05, 0.1) is 0 Å². The van der Waals surface area contributed by atoms with Gasteiger partial charge in [0.1, 0.15) is 0 Å². The first kappa shape index (κ1) is 12.5. The number of nitrogens with one attached hydrogen (secondary N) is 1. The molecule has 1 fully saturated rings. The van der Waals surface area contributed by atoms with E-state index in [2.05, 4.69) is 17.9 Å². The third-order valence-electron chi connectivity index (χ3n) is 3.02. The van der Waals surface area contributed by atoms with Crippen molar-refractivity contribution in [3.63, 3.8) is 0 Å². The zero-order valence-corrected chi connectivity index (χ0v) is 10.8. The van der Waals surface area contributed by atoms with Crippen molar-refractivity contribution < 1.29 is 9.53 Å². The van der Waals surface area contributed by atoms with Gasteiger partial charge in [0, 0.05) is 29.7 Å². The van der Waals surface area contributed by atoms with Crippen LogP contribution in [0.1, 0.15) is 28.8 Å². The second kappa shape index (κ2) is 5.56. The summed E-state index contributed by atoms with van der Waals surface area (Å²) in [5.74, 6) is -0.00898. The van der Waals surface area contributed by atoms with Gasteiger partial charge in [-0.1, -0.05) is 6.07 Å². The average Bonchev–Trinajstić information content (AvgIpc) is 2.33. The summed E-state index contributed by atoms with van der Waals surface area (Å²) in [6.07, 6.45) is 1.79. The Morgan fingerprint density at radius 1 is 1.41 bits per heavy atom. The summed E-state index contributed by atoms with van der Waals surface area (Å²) in [4.78, 5) is 12.9. The summed E-state index contributed by atoms with van der Waals surface area (Å²) in [6.45, 7) is 3.40. The summed E-state index contributed by atoms with van der Waals surface area (Å²) in [5.41, 5.74) is 1.69. The van der Waals surface area contributed by atoms with Gasteiger partial charge in [-0.2, -0.15) is 0 Å². The van der Waals surface area contributed by atoms with Crippen LogP contribution in [-0.4, -0.2) is 25.2 Å². The highest BCUT2D eigenvalue weighted by Gasteiger charge is 2.17. The summed E-state index contributed by atoms with van der Waals surface area (Å²) in [7, 11) is 0. The monoisotopic (exact) mass is 251 g/mol. The Kier molecular flexibility index (Phi) is 4.07. The molecule has 1 aliphatic heterocycles. The highest BCUT2D eigenvalue weighted by molar-refractivity contribution is 7.80. The van der Waals surface area contributed by atoms with Crippen LogP contribution >= 0.6 is 12.6 Å². The third kappa shape index (κ3) is 3.23. The Hall–Kier alpha value is -1.00. The van der Waals surface area contributed by atoms with Gasteiger partial charge < -0.3 is 10.1 Å². The maximum absolute atomic E-state index is 12.1. The van der Waals surface area contributed by atoms with Gasteiger partial charge in [0.15, 0.2) is 0 Å². The molecule has 0 unspecified atom stereocenters. The Morgan fingerprint density at radius 2 is 2.12 bits per heavy atom. The quantitative estimate of drug-likeness (QED) is 0.791. The molecule has 0 aliphatic carbocycles. The number of thiol groups is 1. The minimum absolute atomic E-state index is 0.00898. The molecule has 0 saturated carbocycles. The molecule has 4 heteroatoms. The number of ether oxygens (including phenoxy) is 1.